The molecule has 128 valence electrons. The van der Waals surface area contributed by atoms with Crippen LogP contribution >= 0.6 is 0 Å². The highest BCUT2D eigenvalue weighted by atomic mass is 16.5. The summed E-state index contributed by atoms with van der Waals surface area (Å²) in [6, 6.07) is 13.7. The van der Waals surface area contributed by atoms with Gasteiger partial charge in [0.2, 0.25) is 0 Å². The van der Waals surface area contributed by atoms with Crippen molar-refractivity contribution in [3.63, 3.8) is 0 Å². The molecule has 0 unspecified atom stereocenters. The predicted octanol–water partition coefficient (Wildman–Crippen LogP) is 4.16. The lowest BCUT2D eigenvalue weighted by atomic mass is 10.00. The summed E-state index contributed by atoms with van der Waals surface area (Å²) >= 11 is 0. The van der Waals surface area contributed by atoms with Gasteiger partial charge in [0.1, 0.15) is 0 Å². The summed E-state index contributed by atoms with van der Waals surface area (Å²) < 4.78 is 4.90. The number of benzene rings is 2. The Balaban J connectivity index is 0.000000277. The maximum Gasteiger partial charge on any atom is 0.159 e. The number of rotatable bonds is 6. The van der Waals surface area contributed by atoms with Crippen molar-refractivity contribution in [3.05, 3.63) is 85.7 Å². The number of aromatic nitrogens is 2. The molecule has 0 spiro atoms. The lowest BCUT2D eigenvalue weighted by Gasteiger charge is -2.08. The maximum absolute atomic E-state index is 9.37. The van der Waals surface area contributed by atoms with Crippen molar-refractivity contribution in [1.29, 1.82) is 0 Å². The molecule has 4 heteroatoms. The van der Waals surface area contributed by atoms with Crippen molar-refractivity contribution < 1.29 is 9.84 Å². The first kappa shape index (κ1) is 18.5. The molecule has 1 heterocycles. The van der Waals surface area contributed by atoms with Gasteiger partial charge in [0.05, 0.1) is 19.8 Å². The third-order valence-electron chi connectivity index (χ3n) is 3.46. The van der Waals surface area contributed by atoms with E-state index >= 15 is 0 Å². The van der Waals surface area contributed by atoms with E-state index in [2.05, 4.69) is 23.1 Å². The molecule has 0 radical (unpaired) electrons. The Morgan fingerprint density at radius 2 is 1.52 bits per heavy atom. The molecule has 0 fully saturated rings. The van der Waals surface area contributed by atoms with Crippen molar-refractivity contribution in [1.82, 2.24) is 9.97 Å². The number of aliphatic hydroxyl groups excluding tert-OH is 1. The number of nitrogens with zero attached hydrogens (tertiary/aromatic N) is 2. The van der Waals surface area contributed by atoms with Crippen LogP contribution in [0.4, 0.5) is 0 Å². The van der Waals surface area contributed by atoms with E-state index in [1.807, 2.05) is 36.4 Å². The minimum atomic E-state index is 0.0381. The lowest BCUT2D eigenvalue weighted by molar-refractivity contribution is 0.194. The highest BCUT2D eigenvalue weighted by molar-refractivity contribution is 5.96. The zero-order valence-electron chi connectivity index (χ0n) is 14.1. The Hall–Kier alpha value is -2.82. The van der Waals surface area contributed by atoms with E-state index in [0.717, 1.165) is 21.9 Å². The molecule has 0 aliphatic rings. The molecule has 1 N–H and O–H groups in total. The third-order valence-corrected chi connectivity index (χ3v) is 3.46. The van der Waals surface area contributed by atoms with Crippen LogP contribution in [0.5, 0.6) is 0 Å². The molecule has 25 heavy (non-hydrogen) atoms. The first-order valence-corrected chi connectivity index (χ1v) is 8.00. The molecule has 0 saturated carbocycles. The fraction of sp³-hybridized carbons (Fsp3) is 0.143. The highest BCUT2D eigenvalue weighted by Crippen LogP contribution is 2.28. The van der Waals surface area contributed by atoms with Crippen LogP contribution in [0.25, 0.3) is 22.2 Å². The minimum absolute atomic E-state index is 0.0381. The molecule has 1 aromatic heterocycles. The van der Waals surface area contributed by atoms with Gasteiger partial charge in [0, 0.05) is 18.0 Å². The van der Waals surface area contributed by atoms with Gasteiger partial charge in [-0.1, -0.05) is 48.6 Å². The smallest absolute Gasteiger partial charge is 0.159 e. The van der Waals surface area contributed by atoms with Gasteiger partial charge in [0.25, 0.3) is 0 Å². The van der Waals surface area contributed by atoms with Crippen LogP contribution in [0.1, 0.15) is 5.56 Å². The quantitative estimate of drug-likeness (QED) is 0.543. The van der Waals surface area contributed by atoms with Crippen LogP contribution in [0.3, 0.4) is 0 Å². The Labute approximate surface area is 148 Å². The van der Waals surface area contributed by atoms with E-state index in [9.17, 15) is 5.11 Å². The molecule has 0 atom stereocenters. The van der Waals surface area contributed by atoms with E-state index in [-0.39, 0.29) is 6.61 Å². The summed E-state index contributed by atoms with van der Waals surface area (Å²) in [4.78, 5) is 8.56. The highest BCUT2D eigenvalue weighted by Gasteiger charge is 2.07. The summed E-state index contributed by atoms with van der Waals surface area (Å²) in [7, 11) is 0. The lowest BCUT2D eigenvalue weighted by Crippen LogP contribution is -1.91. The van der Waals surface area contributed by atoms with Crippen LogP contribution in [-0.2, 0) is 11.3 Å². The Morgan fingerprint density at radius 1 is 0.880 bits per heavy atom. The van der Waals surface area contributed by atoms with E-state index in [1.54, 1.807) is 30.6 Å². The second kappa shape index (κ2) is 10.1. The van der Waals surface area contributed by atoms with Gasteiger partial charge in [-0.25, -0.2) is 9.97 Å². The standard InChI is InChI=1S/C15H12N2O.C6H10O/c18-10-11-4-1-6-13-12(11)5-2-7-14(13)15-16-8-3-9-17-15;1-3-5-7-6-4-2/h1-9,18H,10H2;3-4H,1-2,5-6H2. The molecule has 0 bridgehead atoms. The number of aliphatic hydroxyl groups is 1. The van der Waals surface area contributed by atoms with Gasteiger partial charge in [0.15, 0.2) is 5.82 Å². The van der Waals surface area contributed by atoms with Crippen LogP contribution in [-0.4, -0.2) is 28.3 Å². The fourth-order valence-corrected chi connectivity index (χ4v) is 2.38. The summed E-state index contributed by atoms with van der Waals surface area (Å²) in [5.74, 6) is 0.707. The normalized spacial score (nSPS) is 9.96. The number of hydrogen-bond donors (Lipinski definition) is 1. The van der Waals surface area contributed by atoms with Crippen molar-refractivity contribution in [2.75, 3.05) is 13.2 Å². The molecule has 0 aliphatic heterocycles. The van der Waals surface area contributed by atoms with Gasteiger partial charge in [-0.05, 0) is 22.4 Å². The van der Waals surface area contributed by atoms with Crippen LogP contribution in [0.15, 0.2) is 80.2 Å². The van der Waals surface area contributed by atoms with Crippen molar-refractivity contribution in [3.8, 4) is 11.4 Å². The predicted molar refractivity (Wildman–Crippen MR) is 102 cm³/mol. The molecule has 3 aromatic rings. The SMILES string of the molecule is C=CCOCC=C.OCc1cccc2c(-c3ncccn3)cccc12. The van der Waals surface area contributed by atoms with Crippen LogP contribution in [0, 0.1) is 0 Å². The zero-order chi connectivity index (χ0) is 17.9. The van der Waals surface area contributed by atoms with Gasteiger partial charge >= 0.3 is 0 Å². The van der Waals surface area contributed by atoms with Crippen LogP contribution < -0.4 is 0 Å². The first-order valence-electron chi connectivity index (χ1n) is 8.00. The number of fused-ring (bicyclic) bond motifs is 1. The van der Waals surface area contributed by atoms with Crippen molar-refractivity contribution in [2.45, 2.75) is 6.61 Å². The average Bonchev–Trinajstić information content (AvgIpc) is 2.68. The summed E-state index contributed by atoms with van der Waals surface area (Å²) in [5, 5.41) is 11.5. The summed E-state index contributed by atoms with van der Waals surface area (Å²) in [6.45, 7) is 8.22. The Kier molecular flexibility index (Phi) is 7.50. The zero-order valence-corrected chi connectivity index (χ0v) is 14.1. The molecular formula is C21H22N2O2. The topological polar surface area (TPSA) is 55.2 Å². The van der Waals surface area contributed by atoms with Gasteiger partial charge in [-0.3, -0.25) is 0 Å². The first-order chi connectivity index (χ1) is 12.3. The van der Waals surface area contributed by atoms with E-state index in [1.165, 1.54) is 0 Å². The molecular weight excluding hydrogens is 312 g/mol. The Bertz CT molecular complexity index is 808. The van der Waals surface area contributed by atoms with Gasteiger partial charge in [-0.2, -0.15) is 0 Å². The molecule has 2 aromatic carbocycles. The third kappa shape index (κ3) is 5.08. The minimum Gasteiger partial charge on any atom is -0.392 e. The summed E-state index contributed by atoms with van der Waals surface area (Å²) in [5.41, 5.74) is 1.91. The average molecular weight is 334 g/mol. The van der Waals surface area contributed by atoms with E-state index < -0.39 is 0 Å². The van der Waals surface area contributed by atoms with Gasteiger partial charge in [-0.15, -0.1) is 13.2 Å². The second-order valence-electron chi connectivity index (χ2n) is 5.16. The van der Waals surface area contributed by atoms with E-state index in [0.29, 0.717) is 19.0 Å². The Morgan fingerprint density at radius 3 is 2.16 bits per heavy atom. The second-order valence-corrected chi connectivity index (χ2v) is 5.16. The molecule has 4 nitrogen and oxygen atoms in total. The summed E-state index contributed by atoms with van der Waals surface area (Å²) in [6.07, 6.45) is 6.89. The molecule has 0 amide bonds. The fourth-order valence-electron chi connectivity index (χ4n) is 2.38. The number of hydrogen-bond acceptors (Lipinski definition) is 4. The van der Waals surface area contributed by atoms with Crippen molar-refractivity contribution in [2.24, 2.45) is 0 Å². The largest absolute Gasteiger partial charge is 0.392 e. The number of ether oxygens (including phenoxy) is 1. The van der Waals surface area contributed by atoms with Gasteiger partial charge < -0.3 is 9.84 Å². The monoisotopic (exact) mass is 334 g/mol. The van der Waals surface area contributed by atoms with E-state index in [4.69, 9.17) is 4.74 Å². The van der Waals surface area contributed by atoms with Crippen LogP contribution in [0.2, 0.25) is 0 Å². The molecule has 3 rings (SSSR count). The molecule has 0 aliphatic carbocycles. The van der Waals surface area contributed by atoms with Crippen molar-refractivity contribution >= 4 is 10.8 Å². The molecule has 0 saturated heterocycles. The maximum atomic E-state index is 9.37.